The van der Waals surface area contributed by atoms with E-state index < -0.39 is 11.7 Å². The Hall–Kier alpha value is -2.41. The number of hydrazone groups is 1. The zero-order valence-electron chi connectivity index (χ0n) is 18.5. The maximum Gasteiger partial charge on any atom is 0.416 e. The van der Waals surface area contributed by atoms with Crippen LogP contribution < -0.4 is 10.7 Å². The first-order valence-electron chi connectivity index (χ1n) is 10.2. The highest BCUT2D eigenvalue weighted by Gasteiger charge is 2.30. The van der Waals surface area contributed by atoms with Crippen LogP contribution in [0.3, 0.4) is 0 Å². The van der Waals surface area contributed by atoms with Crippen molar-refractivity contribution >= 4 is 64.2 Å². The molecule has 34 heavy (non-hydrogen) atoms. The number of allylic oxidation sites excluding steroid dienone is 7. The Morgan fingerprint density at radius 3 is 2.65 bits per heavy atom. The molecule has 0 fully saturated rings. The summed E-state index contributed by atoms with van der Waals surface area (Å²) in [6.07, 6.45) is 9.09. The quantitative estimate of drug-likeness (QED) is 0.0989. The number of halogens is 5. The molecule has 0 saturated heterocycles. The van der Waals surface area contributed by atoms with Crippen LogP contribution in [0.2, 0.25) is 0 Å². The molecule has 1 aliphatic heterocycles. The minimum Gasteiger partial charge on any atom is -0.354 e. The molecule has 0 bridgehead atoms. The van der Waals surface area contributed by atoms with Gasteiger partial charge in [-0.3, -0.25) is 10.4 Å². The summed E-state index contributed by atoms with van der Waals surface area (Å²) in [4.78, 5) is 4.32. The van der Waals surface area contributed by atoms with Crippen LogP contribution in [0.1, 0.15) is 25.1 Å². The Labute approximate surface area is 217 Å². The predicted molar refractivity (Wildman–Crippen MR) is 155 cm³/mol. The lowest BCUT2D eigenvalue weighted by molar-refractivity contribution is -0.137. The second-order valence-electron chi connectivity index (χ2n) is 6.93. The Morgan fingerprint density at radius 2 is 1.97 bits per heavy atom. The molecule has 0 aliphatic carbocycles. The van der Waals surface area contributed by atoms with E-state index >= 15 is 0 Å². The molecule has 2 heterocycles. The van der Waals surface area contributed by atoms with E-state index in [2.05, 4.69) is 46.5 Å². The molecule has 9 heteroatoms. The summed E-state index contributed by atoms with van der Waals surface area (Å²) in [5.74, 6) is 0. The summed E-state index contributed by atoms with van der Waals surface area (Å²) in [5.41, 5.74) is 5.29. The zero-order valence-corrected chi connectivity index (χ0v) is 22.8. The summed E-state index contributed by atoms with van der Waals surface area (Å²) >= 11 is -0.556. The number of benzene rings is 1. The predicted octanol–water partition coefficient (Wildman–Crippen LogP) is 7.57. The van der Waals surface area contributed by atoms with E-state index in [1.165, 1.54) is 20.4 Å². The third kappa shape index (κ3) is 7.83. The van der Waals surface area contributed by atoms with Crippen molar-refractivity contribution in [2.24, 2.45) is 5.10 Å². The van der Waals surface area contributed by atoms with Gasteiger partial charge >= 0.3 is 6.18 Å². The first-order chi connectivity index (χ1) is 16.3. The van der Waals surface area contributed by atoms with Gasteiger partial charge in [-0.15, -0.1) is 0 Å². The fraction of sp³-hybridized carbons (Fsp3) is 0.120. The van der Waals surface area contributed by atoms with Crippen LogP contribution in [0.15, 0.2) is 93.8 Å². The van der Waals surface area contributed by atoms with E-state index in [1.807, 2.05) is 19.1 Å². The molecule has 0 radical (unpaired) electrons. The van der Waals surface area contributed by atoms with Gasteiger partial charge in [0.05, 0.1) is 29.4 Å². The average Bonchev–Trinajstić information content (AvgIpc) is 2.79. The fourth-order valence-corrected chi connectivity index (χ4v) is 11.4. The topological polar surface area (TPSA) is 49.3 Å². The molecule has 4 nitrogen and oxygen atoms in total. The third-order valence-electron chi connectivity index (χ3n) is 4.27. The van der Waals surface area contributed by atoms with Gasteiger partial charge in [0.25, 0.3) is 0 Å². The monoisotopic (exact) mass is 690 g/mol. The lowest BCUT2D eigenvalue weighted by Crippen LogP contribution is -2.12. The van der Waals surface area contributed by atoms with E-state index in [-0.39, 0.29) is 41.5 Å². The average molecular weight is 690 g/mol. The summed E-state index contributed by atoms with van der Waals surface area (Å²) < 4.78 is 42.7. The van der Waals surface area contributed by atoms with E-state index in [0.717, 1.165) is 12.1 Å². The van der Waals surface area contributed by atoms with Gasteiger partial charge in [0.15, 0.2) is 0 Å². The molecule has 1 aliphatic rings. The minimum absolute atomic E-state index is 0.221. The van der Waals surface area contributed by atoms with Gasteiger partial charge < -0.3 is 5.32 Å². The Balaban J connectivity index is 1.65. The molecule has 0 atom stereocenters. The standard InChI is InChI=1S/C25H23F3I2N4/c1-4-7-18(8-5-2)23-13-17(3)29-24(30-23)34-32-16-21-11-12-22(15-31-21)33-20-10-6-9-19(14-20)25(26,27)28/h4-16,33-34H,1H2,2-3H3/b8-5-,18-7+,32-16+. The van der Waals surface area contributed by atoms with Crippen molar-refractivity contribution in [3.05, 3.63) is 100.0 Å². The largest absolute Gasteiger partial charge is 0.416 e. The molecule has 0 spiro atoms. The maximum atomic E-state index is 12.9. The smallest absolute Gasteiger partial charge is 0.354 e. The van der Waals surface area contributed by atoms with Crippen LogP contribution in [0, 0.1) is 0 Å². The van der Waals surface area contributed by atoms with Crippen LogP contribution in [-0.2, 0) is 6.18 Å². The molecular weight excluding hydrogens is 667 g/mol. The highest BCUT2D eigenvalue weighted by atomic mass is 127. The van der Waals surface area contributed by atoms with Crippen LogP contribution in [-0.4, -0.2) is 16.3 Å². The molecule has 2 N–H and O–H groups in total. The SMILES string of the molecule is C=C/C=C(\C=C/C)C1=IC(N/N=C/c2ccc(Nc3cccc(C(F)(F)F)c3)cn2)=IC(C)=C1. The molecular formula is C25H23F3I2N4. The van der Waals surface area contributed by atoms with Crippen molar-refractivity contribution in [3.63, 3.8) is 0 Å². The summed E-state index contributed by atoms with van der Waals surface area (Å²) in [6, 6.07) is 8.57. The highest BCUT2D eigenvalue weighted by molar-refractivity contribution is 14.3. The highest BCUT2D eigenvalue weighted by Crippen LogP contribution is 2.31. The lowest BCUT2D eigenvalue weighted by Gasteiger charge is -2.11. The molecule has 178 valence electrons. The number of pyridine rings is 1. The number of nitrogens with zero attached hydrogens (tertiary/aromatic N) is 2. The second-order valence-corrected chi connectivity index (χ2v) is 15.1. The number of alkyl halides is 3. The van der Waals surface area contributed by atoms with Gasteiger partial charge in [-0.2, -0.15) is 18.3 Å². The van der Waals surface area contributed by atoms with Gasteiger partial charge in [0.2, 0.25) is 0 Å². The number of aromatic nitrogens is 1. The van der Waals surface area contributed by atoms with Crippen LogP contribution >= 0.6 is 41.5 Å². The van der Waals surface area contributed by atoms with Gasteiger partial charge in [-0.1, -0.05) is 57.7 Å². The van der Waals surface area contributed by atoms with E-state index in [4.69, 9.17) is 0 Å². The second kappa shape index (κ2) is 12.3. The number of hydrogen-bond donors (Lipinski definition) is 2. The molecule has 3 rings (SSSR count). The van der Waals surface area contributed by atoms with Gasteiger partial charge in [0.1, 0.15) is 1.64 Å². The van der Waals surface area contributed by atoms with Crippen molar-refractivity contribution in [3.8, 4) is 0 Å². The number of nitrogens with one attached hydrogen (secondary N) is 2. The number of anilines is 2. The minimum atomic E-state index is -4.38. The molecule has 2 aromatic rings. The molecule has 0 amide bonds. The Bertz CT molecular complexity index is 1220. The first-order valence-corrected chi connectivity index (χ1v) is 14.5. The zero-order chi connectivity index (χ0) is 24.6. The van der Waals surface area contributed by atoms with Crippen molar-refractivity contribution in [2.75, 3.05) is 5.32 Å². The normalized spacial score (nSPS) is 15.1. The molecule has 0 unspecified atom stereocenters. The van der Waals surface area contributed by atoms with Crippen LogP contribution in [0.5, 0.6) is 0 Å². The lowest BCUT2D eigenvalue weighted by atomic mass is 10.1. The number of rotatable bonds is 8. The fourth-order valence-electron chi connectivity index (χ4n) is 2.81. The molecule has 1 aromatic heterocycles. The summed E-state index contributed by atoms with van der Waals surface area (Å²) in [7, 11) is 0. The van der Waals surface area contributed by atoms with Crippen molar-refractivity contribution in [1.82, 2.24) is 10.4 Å². The van der Waals surface area contributed by atoms with Gasteiger partial charge in [-0.05, 0) is 80.1 Å². The Morgan fingerprint density at radius 1 is 1.15 bits per heavy atom. The van der Waals surface area contributed by atoms with Crippen LogP contribution in [0.25, 0.3) is 0 Å². The Kier molecular flexibility index (Phi) is 9.51. The first kappa shape index (κ1) is 26.2. The summed E-state index contributed by atoms with van der Waals surface area (Å²) in [5, 5.41) is 7.32. The molecule has 1 aromatic carbocycles. The van der Waals surface area contributed by atoms with E-state index in [0.29, 0.717) is 17.1 Å². The van der Waals surface area contributed by atoms with Gasteiger partial charge in [0, 0.05) is 9.20 Å². The maximum absolute atomic E-state index is 12.9. The van der Waals surface area contributed by atoms with E-state index in [1.54, 1.807) is 36.7 Å². The van der Waals surface area contributed by atoms with E-state index in [9.17, 15) is 13.2 Å². The molecule has 0 saturated carbocycles. The van der Waals surface area contributed by atoms with Gasteiger partial charge in [-0.25, -0.2) is 0 Å². The van der Waals surface area contributed by atoms with Crippen molar-refractivity contribution in [2.45, 2.75) is 20.0 Å². The third-order valence-corrected chi connectivity index (χ3v) is 11.1. The number of hydrogen-bond acceptors (Lipinski definition) is 4. The van der Waals surface area contributed by atoms with Crippen LogP contribution in [0.4, 0.5) is 24.5 Å². The van der Waals surface area contributed by atoms with Crippen molar-refractivity contribution < 1.29 is 13.2 Å². The van der Waals surface area contributed by atoms with Crippen molar-refractivity contribution in [1.29, 1.82) is 0 Å². The summed E-state index contributed by atoms with van der Waals surface area (Å²) in [6.45, 7) is 7.97.